The lowest BCUT2D eigenvalue weighted by Gasteiger charge is -2.14. The van der Waals surface area contributed by atoms with Crippen LogP contribution in [0.1, 0.15) is 20.3 Å². The smallest absolute Gasteiger partial charge is 0.428 e. The number of rotatable bonds is 6. The number of carbonyl (C=O) groups excluding carboxylic acids is 1. The van der Waals surface area contributed by atoms with Gasteiger partial charge in [-0.05, 0) is 6.92 Å². The SMILES string of the molecule is C/C=C/C(=O)OC(CC)O[P+](O)(O)OS. The maximum atomic E-state index is 11.0. The largest absolute Gasteiger partial charge is 0.585 e. The second kappa shape index (κ2) is 7.16. The van der Waals surface area contributed by atoms with E-state index in [1.807, 2.05) is 0 Å². The summed E-state index contributed by atoms with van der Waals surface area (Å²) < 4.78 is 13.3. The van der Waals surface area contributed by atoms with Gasteiger partial charge >= 0.3 is 14.1 Å². The van der Waals surface area contributed by atoms with Gasteiger partial charge in [0.15, 0.2) is 0 Å². The average molecular weight is 257 g/mol. The van der Waals surface area contributed by atoms with Gasteiger partial charge in [-0.25, -0.2) is 4.79 Å². The summed E-state index contributed by atoms with van der Waals surface area (Å²) in [6.07, 6.45) is 1.85. The molecule has 1 unspecified atom stereocenters. The molecule has 0 heterocycles. The summed E-state index contributed by atoms with van der Waals surface area (Å²) in [6.45, 7) is 3.29. The fourth-order valence-electron chi connectivity index (χ4n) is 0.657. The van der Waals surface area contributed by atoms with E-state index in [1.165, 1.54) is 12.2 Å². The summed E-state index contributed by atoms with van der Waals surface area (Å²) in [5.41, 5.74) is 0. The first-order valence-corrected chi connectivity index (χ1v) is 6.04. The Morgan fingerprint density at radius 3 is 2.60 bits per heavy atom. The van der Waals surface area contributed by atoms with Crippen molar-refractivity contribution in [1.29, 1.82) is 0 Å². The van der Waals surface area contributed by atoms with Crippen molar-refractivity contribution < 1.29 is 27.8 Å². The minimum atomic E-state index is -4.01. The zero-order chi connectivity index (χ0) is 11.9. The quantitative estimate of drug-likeness (QED) is 0.166. The molecule has 0 aliphatic rings. The predicted molar refractivity (Wildman–Crippen MR) is 57.5 cm³/mol. The summed E-state index contributed by atoms with van der Waals surface area (Å²) in [7, 11) is -4.01. The second-order valence-corrected chi connectivity index (χ2v) is 4.30. The standard InChI is InChI=1S/C7H13O6PS/c1-3-5-6(8)11-7(4-2)12-14(9,10)13-15/h3,5,7,9-10H,4H2,1-2H3/p+1/b5-3+. The van der Waals surface area contributed by atoms with Crippen LogP contribution in [-0.2, 0) is 18.0 Å². The number of hydrogen-bond donors (Lipinski definition) is 3. The highest BCUT2D eigenvalue weighted by atomic mass is 32.1. The Labute approximate surface area is 94.1 Å². The van der Waals surface area contributed by atoms with Gasteiger partial charge in [0.1, 0.15) is 0 Å². The van der Waals surface area contributed by atoms with Gasteiger partial charge in [-0.1, -0.05) is 17.0 Å². The Balaban J connectivity index is 4.20. The fourth-order valence-corrected chi connectivity index (χ4v) is 1.31. The maximum absolute atomic E-state index is 11.0. The first kappa shape index (κ1) is 14.8. The van der Waals surface area contributed by atoms with Crippen molar-refractivity contribution >= 4 is 27.0 Å². The van der Waals surface area contributed by atoms with Crippen LogP contribution in [0.15, 0.2) is 12.2 Å². The van der Waals surface area contributed by atoms with Gasteiger partial charge in [0.2, 0.25) is 0 Å². The first-order valence-electron chi connectivity index (χ1n) is 4.14. The van der Waals surface area contributed by atoms with E-state index in [-0.39, 0.29) is 6.42 Å². The highest BCUT2D eigenvalue weighted by Crippen LogP contribution is 2.54. The number of esters is 1. The third kappa shape index (κ3) is 6.83. The highest BCUT2D eigenvalue weighted by molar-refractivity contribution is 7.81. The van der Waals surface area contributed by atoms with Gasteiger partial charge in [0.25, 0.3) is 6.29 Å². The molecule has 2 N–H and O–H groups in total. The Hall–Kier alpha value is -0.170. The average Bonchev–Trinajstić information content (AvgIpc) is 2.17. The van der Waals surface area contributed by atoms with Crippen molar-refractivity contribution in [2.45, 2.75) is 26.6 Å². The molecule has 15 heavy (non-hydrogen) atoms. The van der Waals surface area contributed by atoms with Crippen LogP contribution < -0.4 is 0 Å². The molecule has 1 atom stereocenters. The van der Waals surface area contributed by atoms with Gasteiger partial charge in [0, 0.05) is 25.4 Å². The summed E-state index contributed by atoms with van der Waals surface area (Å²) in [4.78, 5) is 29.0. The first-order chi connectivity index (χ1) is 6.95. The Morgan fingerprint density at radius 1 is 1.60 bits per heavy atom. The molecule has 0 aromatic carbocycles. The van der Waals surface area contributed by atoms with Gasteiger partial charge in [0.05, 0.1) is 0 Å². The minimum absolute atomic E-state index is 0.253. The van der Waals surface area contributed by atoms with Gasteiger partial charge < -0.3 is 4.74 Å². The van der Waals surface area contributed by atoms with Crippen LogP contribution in [0.2, 0.25) is 0 Å². The van der Waals surface area contributed by atoms with E-state index in [1.54, 1.807) is 13.8 Å². The molecule has 0 aromatic heterocycles. The van der Waals surface area contributed by atoms with Crippen molar-refractivity contribution in [1.82, 2.24) is 0 Å². The van der Waals surface area contributed by atoms with Gasteiger partial charge in [-0.15, -0.1) is 4.52 Å². The molecule has 0 amide bonds. The number of ether oxygens (including phenoxy) is 1. The summed E-state index contributed by atoms with van der Waals surface area (Å²) in [5, 5.41) is 0. The number of carbonyl (C=O) groups is 1. The third-order valence-corrected chi connectivity index (χ3v) is 2.61. The zero-order valence-electron chi connectivity index (χ0n) is 8.36. The van der Waals surface area contributed by atoms with Crippen LogP contribution in [0.25, 0.3) is 0 Å². The molecule has 88 valence electrons. The second-order valence-electron chi connectivity index (χ2n) is 2.45. The van der Waals surface area contributed by atoms with Crippen molar-refractivity contribution in [3.63, 3.8) is 0 Å². The van der Waals surface area contributed by atoms with Crippen LogP contribution in [0.3, 0.4) is 0 Å². The number of thiol groups is 1. The molecule has 0 saturated heterocycles. The van der Waals surface area contributed by atoms with E-state index in [0.29, 0.717) is 0 Å². The Morgan fingerprint density at radius 2 is 2.20 bits per heavy atom. The normalized spacial score (nSPS) is 14.2. The van der Waals surface area contributed by atoms with Gasteiger partial charge in [-0.2, -0.15) is 9.79 Å². The maximum Gasteiger partial charge on any atom is 0.585 e. The molecular weight excluding hydrogens is 243 g/mol. The van der Waals surface area contributed by atoms with E-state index in [4.69, 9.17) is 14.5 Å². The molecule has 0 spiro atoms. The van der Waals surface area contributed by atoms with E-state index in [0.717, 1.165) is 0 Å². The third-order valence-electron chi connectivity index (χ3n) is 1.24. The van der Waals surface area contributed by atoms with Crippen LogP contribution in [0, 0.1) is 0 Å². The van der Waals surface area contributed by atoms with Crippen LogP contribution in [0.4, 0.5) is 0 Å². The van der Waals surface area contributed by atoms with E-state index >= 15 is 0 Å². The molecular formula is C7H14O6PS+. The van der Waals surface area contributed by atoms with Crippen molar-refractivity contribution in [2.75, 3.05) is 0 Å². The number of allylic oxidation sites excluding steroid dienone is 1. The lowest BCUT2D eigenvalue weighted by atomic mass is 10.5. The molecule has 0 bridgehead atoms. The summed E-state index contributed by atoms with van der Waals surface area (Å²) in [6, 6.07) is 0. The van der Waals surface area contributed by atoms with E-state index < -0.39 is 20.4 Å². The molecule has 0 fully saturated rings. The van der Waals surface area contributed by atoms with Crippen molar-refractivity contribution in [3.05, 3.63) is 12.2 Å². The van der Waals surface area contributed by atoms with Crippen LogP contribution in [0.5, 0.6) is 0 Å². The molecule has 0 aromatic rings. The summed E-state index contributed by atoms with van der Waals surface area (Å²) >= 11 is 3.22. The molecule has 0 rings (SSSR count). The fraction of sp³-hybridized carbons (Fsp3) is 0.571. The lowest BCUT2D eigenvalue weighted by Crippen LogP contribution is -2.20. The van der Waals surface area contributed by atoms with E-state index in [2.05, 4.69) is 21.4 Å². The van der Waals surface area contributed by atoms with Crippen molar-refractivity contribution in [3.8, 4) is 0 Å². The van der Waals surface area contributed by atoms with Gasteiger partial charge in [-0.3, -0.25) is 0 Å². The zero-order valence-corrected chi connectivity index (χ0v) is 10.1. The minimum Gasteiger partial charge on any atom is -0.428 e. The van der Waals surface area contributed by atoms with Crippen molar-refractivity contribution in [2.24, 2.45) is 0 Å². The molecule has 0 radical (unpaired) electrons. The summed E-state index contributed by atoms with van der Waals surface area (Å²) in [5.74, 6) is -0.636. The topological polar surface area (TPSA) is 85.2 Å². The molecule has 0 aliphatic carbocycles. The molecule has 0 aliphatic heterocycles. The monoisotopic (exact) mass is 257 g/mol. The Kier molecular flexibility index (Phi) is 7.08. The predicted octanol–water partition coefficient (Wildman–Crippen LogP) is 1.38. The van der Waals surface area contributed by atoms with E-state index in [9.17, 15) is 4.79 Å². The Bertz CT molecular complexity index is 232. The molecule has 0 saturated carbocycles. The number of hydrogen-bond acceptors (Lipinski definition) is 7. The lowest BCUT2D eigenvalue weighted by molar-refractivity contribution is -0.160. The van der Waals surface area contributed by atoms with Crippen LogP contribution >= 0.6 is 21.1 Å². The molecule has 6 nitrogen and oxygen atoms in total. The highest BCUT2D eigenvalue weighted by Gasteiger charge is 2.43. The molecule has 8 heteroatoms. The van der Waals surface area contributed by atoms with Crippen LogP contribution in [-0.4, -0.2) is 22.0 Å².